The van der Waals surface area contributed by atoms with Crippen LogP contribution in [0.25, 0.3) is 11.1 Å². The number of hydrogen-bond donors (Lipinski definition) is 3. The van der Waals surface area contributed by atoms with Gasteiger partial charge in [-0.1, -0.05) is 55.5 Å². The molecule has 186 valence electrons. The molecule has 7 heteroatoms. The summed E-state index contributed by atoms with van der Waals surface area (Å²) >= 11 is 0. The van der Waals surface area contributed by atoms with Crippen LogP contribution in [0.2, 0.25) is 0 Å². The lowest BCUT2D eigenvalue weighted by Crippen LogP contribution is -2.41. The Morgan fingerprint density at radius 1 is 1.00 bits per heavy atom. The van der Waals surface area contributed by atoms with Crippen molar-refractivity contribution in [2.75, 3.05) is 13.2 Å². The topological polar surface area (TPSA) is 105 Å². The van der Waals surface area contributed by atoms with Gasteiger partial charge in [0.1, 0.15) is 6.61 Å². The van der Waals surface area contributed by atoms with E-state index in [2.05, 4.69) is 34.9 Å². The third kappa shape index (κ3) is 6.62. The molecule has 0 radical (unpaired) electrons. The Kier molecular flexibility index (Phi) is 8.06. The van der Waals surface area contributed by atoms with E-state index >= 15 is 0 Å². The molecule has 2 amide bonds. The Morgan fingerprint density at radius 3 is 2.23 bits per heavy atom. The molecule has 2 aliphatic rings. The van der Waals surface area contributed by atoms with Gasteiger partial charge < -0.3 is 20.5 Å². The number of carboxylic acid groups (broad SMARTS) is 1. The van der Waals surface area contributed by atoms with Gasteiger partial charge in [0, 0.05) is 31.3 Å². The Labute approximate surface area is 206 Å². The fourth-order valence-electron chi connectivity index (χ4n) is 4.87. The number of carbonyl (C=O) groups is 3. The molecule has 1 saturated carbocycles. The molecule has 2 aliphatic carbocycles. The maximum absolute atomic E-state index is 12.7. The van der Waals surface area contributed by atoms with Crippen LogP contribution in [-0.4, -0.2) is 42.3 Å². The van der Waals surface area contributed by atoms with Crippen LogP contribution in [0.4, 0.5) is 4.79 Å². The number of fused-ring (bicyclic) bond motifs is 3. The Balaban J connectivity index is 1.25. The van der Waals surface area contributed by atoms with E-state index in [1.165, 1.54) is 11.1 Å². The maximum Gasteiger partial charge on any atom is 0.407 e. The van der Waals surface area contributed by atoms with Crippen molar-refractivity contribution >= 4 is 18.0 Å². The standard InChI is InChI=1S/C28H34N2O5/c1-18(10-13-27(32)33)14-15-29-26(31)16-25(19-11-12-19)30-28(34)35-17-24-22-8-4-2-6-20(22)21-7-3-5-9-23(21)24/h2-9,18-19,24-25H,10-17H2,1H3,(H,29,31)(H,30,34)(H,32,33). The van der Waals surface area contributed by atoms with Crippen LogP contribution in [0.1, 0.15) is 62.5 Å². The van der Waals surface area contributed by atoms with E-state index in [4.69, 9.17) is 9.84 Å². The monoisotopic (exact) mass is 478 g/mol. The number of carbonyl (C=O) groups excluding carboxylic acids is 2. The van der Waals surface area contributed by atoms with Crippen LogP contribution in [0.3, 0.4) is 0 Å². The van der Waals surface area contributed by atoms with Crippen LogP contribution >= 0.6 is 0 Å². The third-order valence-corrected chi connectivity index (χ3v) is 7.05. The lowest BCUT2D eigenvalue weighted by atomic mass is 9.98. The Morgan fingerprint density at radius 2 is 1.63 bits per heavy atom. The molecule has 0 aliphatic heterocycles. The van der Waals surface area contributed by atoms with Crippen molar-refractivity contribution in [2.24, 2.45) is 11.8 Å². The molecular formula is C28H34N2O5. The molecule has 35 heavy (non-hydrogen) atoms. The number of hydrogen-bond acceptors (Lipinski definition) is 4. The summed E-state index contributed by atoms with van der Waals surface area (Å²) < 4.78 is 5.66. The molecule has 3 N–H and O–H groups in total. The summed E-state index contributed by atoms with van der Waals surface area (Å²) in [6.45, 7) is 2.74. The van der Waals surface area contributed by atoms with E-state index in [1.54, 1.807) is 0 Å². The number of aliphatic carboxylic acids is 1. The predicted octanol–water partition coefficient (Wildman–Crippen LogP) is 4.70. The number of alkyl carbamates (subject to hydrolysis) is 1. The van der Waals surface area contributed by atoms with Crippen molar-refractivity contribution in [3.63, 3.8) is 0 Å². The van der Waals surface area contributed by atoms with Gasteiger partial charge in [-0.3, -0.25) is 9.59 Å². The van der Waals surface area contributed by atoms with Gasteiger partial charge in [0.05, 0.1) is 0 Å². The minimum atomic E-state index is -0.799. The number of nitrogens with one attached hydrogen (secondary N) is 2. The summed E-state index contributed by atoms with van der Waals surface area (Å²) in [6, 6.07) is 16.2. The van der Waals surface area contributed by atoms with Gasteiger partial charge in [0.25, 0.3) is 0 Å². The second-order valence-corrected chi connectivity index (χ2v) is 9.79. The fraction of sp³-hybridized carbons (Fsp3) is 0.464. The SMILES string of the molecule is CC(CCNC(=O)CC(NC(=O)OCC1c2ccccc2-c2ccccc21)C1CC1)CCC(=O)O. The van der Waals surface area contributed by atoms with Gasteiger partial charge in [-0.2, -0.15) is 0 Å². The van der Waals surface area contributed by atoms with E-state index in [-0.39, 0.29) is 43.2 Å². The molecule has 2 atom stereocenters. The van der Waals surface area contributed by atoms with Crippen LogP contribution < -0.4 is 10.6 Å². The van der Waals surface area contributed by atoms with Crippen molar-refractivity contribution in [3.8, 4) is 11.1 Å². The summed E-state index contributed by atoms with van der Waals surface area (Å²) in [7, 11) is 0. The van der Waals surface area contributed by atoms with E-state index in [9.17, 15) is 14.4 Å². The second kappa shape index (κ2) is 11.4. The van der Waals surface area contributed by atoms with E-state index in [0.717, 1.165) is 30.4 Å². The Hall–Kier alpha value is -3.35. The number of rotatable bonds is 12. The molecular weight excluding hydrogens is 444 g/mol. The van der Waals surface area contributed by atoms with Gasteiger partial charge in [-0.25, -0.2) is 4.79 Å². The highest BCUT2D eigenvalue weighted by molar-refractivity contribution is 5.79. The summed E-state index contributed by atoms with van der Waals surface area (Å²) in [5, 5.41) is 14.6. The zero-order chi connectivity index (χ0) is 24.8. The van der Waals surface area contributed by atoms with Crippen molar-refractivity contribution in [2.45, 2.75) is 57.4 Å². The molecule has 0 saturated heterocycles. The highest BCUT2D eigenvalue weighted by atomic mass is 16.5. The van der Waals surface area contributed by atoms with Crippen molar-refractivity contribution in [1.29, 1.82) is 0 Å². The van der Waals surface area contributed by atoms with Gasteiger partial charge in [-0.15, -0.1) is 0 Å². The number of amides is 2. The van der Waals surface area contributed by atoms with Gasteiger partial charge in [0.15, 0.2) is 0 Å². The van der Waals surface area contributed by atoms with Crippen molar-refractivity contribution in [1.82, 2.24) is 10.6 Å². The average molecular weight is 479 g/mol. The third-order valence-electron chi connectivity index (χ3n) is 7.05. The lowest BCUT2D eigenvalue weighted by molar-refractivity contribution is -0.137. The summed E-state index contributed by atoms with van der Waals surface area (Å²) in [4.78, 5) is 35.8. The highest BCUT2D eigenvalue weighted by Gasteiger charge is 2.35. The highest BCUT2D eigenvalue weighted by Crippen LogP contribution is 2.44. The van der Waals surface area contributed by atoms with Gasteiger partial charge >= 0.3 is 12.1 Å². The van der Waals surface area contributed by atoms with Crippen LogP contribution in [-0.2, 0) is 14.3 Å². The number of ether oxygens (including phenoxy) is 1. The van der Waals surface area contributed by atoms with E-state index in [0.29, 0.717) is 18.9 Å². The van der Waals surface area contributed by atoms with E-state index < -0.39 is 12.1 Å². The van der Waals surface area contributed by atoms with Crippen LogP contribution in [0.15, 0.2) is 48.5 Å². The molecule has 0 aromatic heterocycles. The molecule has 1 fully saturated rings. The molecule has 0 spiro atoms. The average Bonchev–Trinajstić information content (AvgIpc) is 3.64. The molecule has 4 rings (SSSR count). The van der Waals surface area contributed by atoms with Crippen molar-refractivity contribution < 1.29 is 24.2 Å². The fourth-order valence-corrected chi connectivity index (χ4v) is 4.87. The maximum atomic E-state index is 12.7. The first-order valence-electron chi connectivity index (χ1n) is 12.5. The van der Waals surface area contributed by atoms with Gasteiger partial charge in [0.2, 0.25) is 5.91 Å². The first-order valence-corrected chi connectivity index (χ1v) is 12.5. The van der Waals surface area contributed by atoms with Crippen LogP contribution in [0, 0.1) is 11.8 Å². The second-order valence-electron chi connectivity index (χ2n) is 9.79. The molecule has 2 unspecified atom stereocenters. The summed E-state index contributed by atoms with van der Waals surface area (Å²) in [5.41, 5.74) is 4.69. The molecule has 0 heterocycles. The smallest absolute Gasteiger partial charge is 0.407 e. The van der Waals surface area contributed by atoms with Gasteiger partial charge in [-0.05, 0) is 59.8 Å². The normalized spacial score (nSPS) is 16.0. The summed E-state index contributed by atoms with van der Waals surface area (Å²) in [5.74, 6) is -0.377. The molecule has 7 nitrogen and oxygen atoms in total. The Bertz CT molecular complexity index is 1020. The first-order chi connectivity index (χ1) is 16.9. The zero-order valence-electron chi connectivity index (χ0n) is 20.2. The van der Waals surface area contributed by atoms with Crippen LogP contribution in [0.5, 0.6) is 0 Å². The largest absolute Gasteiger partial charge is 0.481 e. The quantitative estimate of drug-likeness (QED) is 0.410. The number of carboxylic acids is 1. The first kappa shape index (κ1) is 24.8. The molecule has 0 bridgehead atoms. The minimum Gasteiger partial charge on any atom is -0.481 e. The lowest BCUT2D eigenvalue weighted by Gasteiger charge is -2.20. The molecule has 2 aromatic carbocycles. The van der Waals surface area contributed by atoms with E-state index in [1.807, 2.05) is 31.2 Å². The minimum absolute atomic E-state index is 0.000981. The zero-order valence-corrected chi connectivity index (χ0v) is 20.2. The number of benzene rings is 2. The summed E-state index contributed by atoms with van der Waals surface area (Å²) in [6.07, 6.45) is 3.19. The van der Waals surface area contributed by atoms with Crippen molar-refractivity contribution in [3.05, 3.63) is 59.7 Å². The molecule has 2 aromatic rings. The predicted molar refractivity (Wildman–Crippen MR) is 133 cm³/mol.